The van der Waals surface area contributed by atoms with Gasteiger partial charge in [0.25, 0.3) is 0 Å². The minimum atomic E-state index is 0.555. The van der Waals surface area contributed by atoms with Gasteiger partial charge in [-0.3, -0.25) is 4.98 Å². The van der Waals surface area contributed by atoms with Gasteiger partial charge in [-0.25, -0.2) is 0 Å². The Morgan fingerprint density at radius 1 is 1.24 bits per heavy atom. The van der Waals surface area contributed by atoms with Gasteiger partial charge in [0.1, 0.15) is 5.75 Å². The Balaban J connectivity index is 2.33. The van der Waals surface area contributed by atoms with Crippen molar-refractivity contribution in [1.82, 2.24) is 4.98 Å². The zero-order chi connectivity index (χ0) is 12.0. The molecule has 0 saturated heterocycles. The molecule has 1 aliphatic carbocycles. The summed E-state index contributed by atoms with van der Waals surface area (Å²) >= 11 is 12.5. The Kier molecular flexibility index (Phi) is 2.64. The van der Waals surface area contributed by atoms with E-state index in [1.807, 2.05) is 12.1 Å². The number of hydrogen-bond donors (Lipinski definition) is 0. The third-order valence-electron chi connectivity index (χ3n) is 3.06. The third kappa shape index (κ3) is 1.85. The molecule has 0 bridgehead atoms. The Hall–Kier alpha value is -0.990. The molecular weight excluding hydrogens is 257 g/mol. The first kappa shape index (κ1) is 11.1. The Morgan fingerprint density at radius 3 is 2.65 bits per heavy atom. The zero-order valence-corrected chi connectivity index (χ0v) is 10.8. The number of hydrogen-bond acceptors (Lipinski definition) is 2. The smallest absolute Gasteiger partial charge is 0.129 e. The molecule has 17 heavy (non-hydrogen) atoms. The summed E-state index contributed by atoms with van der Waals surface area (Å²) < 4.78 is 5.30. The standard InChI is InChI=1S/C13H11Cl2NO/c1-17-11-5-4-8(14)13-12(11)9(15)6-10(16-13)7-2-3-7/h4-7H,2-3H2,1H3. The van der Waals surface area contributed by atoms with Crippen LogP contribution in [0.15, 0.2) is 18.2 Å². The van der Waals surface area contributed by atoms with Gasteiger partial charge in [0.15, 0.2) is 0 Å². The Labute approximate surface area is 110 Å². The van der Waals surface area contributed by atoms with E-state index in [1.54, 1.807) is 13.2 Å². The second-order valence-corrected chi connectivity index (χ2v) is 5.09. The fraction of sp³-hybridized carbons (Fsp3) is 0.308. The number of rotatable bonds is 2. The molecule has 2 aromatic rings. The first-order valence-corrected chi connectivity index (χ1v) is 6.29. The van der Waals surface area contributed by atoms with Crippen LogP contribution in [0.25, 0.3) is 10.9 Å². The normalized spacial score (nSPS) is 15.2. The van der Waals surface area contributed by atoms with E-state index in [0.717, 1.165) is 16.6 Å². The van der Waals surface area contributed by atoms with E-state index >= 15 is 0 Å². The summed E-state index contributed by atoms with van der Waals surface area (Å²) in [5.41, 5.74) is 1.78. The summed E-state index contributed by atoms with van der Waals surface area (Å²) in [7, 11) is 1.62. The van der Waals surface area contributed by atoms with Crippen molar-refractivity contribution in [1.29, 1.82) is 0 Å². The van der Waals surface area contributed by atoms with E-state index in [2.05, 4.69) is 4.98 Å². The molecule has 0 unspecified atom stereocenters. The lowest BCUT2D eigenvalue weighted by Crippen LogP contribution is -1.93. The van der Waals surface area contributed by atoms with Gasteiger partial charge < -0.3 is 4.74 Å². The van der Waals surface area contributed by atoms with Crippen molar-refractivity contribution in [3.63, 3.8) is 0 Å². The first-order chi connectivity index (χ1) is 8.20. The highest BCUT2D eigenvalue weighted by Gasteiger charge is 2.26. The molecule has 1 aromatic heterocycles. The van der Waals surface area contributed by atoms with Crippen LogP contribution in [0.5, 0.6) is 5.75 Å². The minimum Gasteiger partial charge on any atom is -0.496 e. The molecule has 0 atom stereocenters. The number of ether oxygens (including phenoxy) is 1. The van der Waals surface area contributed by atoms with E-state index < -0.39 is 0 Å². The predicted molar refractivity (Wildman–Crippen MR) is 70.3 cm³/mol. The maximum absolute atomic E-state index is 6.31. The van der Waals surface area contributed by atoms with Crippen LogP contribution in [0.1, 0.15) is 24.5 Å². The number of halogens is 2. The minimum absolute atomic E-state index is 0.555. The van der Waals surface area contributed by atoms with E-state index in [4.69, 9.17) is 27.9 Å². The molecule has 88 valence electrons. The van der Waals surface area contributed by atoms with Crippen LogP contribution in [0.3, 0.4) is 0 Å². The molecule has 0 N–H and O–H groups in total. The fourth-order valence-corrected chi connectivity index (χ4v) is 2.50. The van der Waals surface area contributed by atoms with Crippen LogP contribution < -0.4 is 4.74 Å². The van der Waals surface area contributed by atoms with Gasteiger partial charge in [-0.05, 0) is 31.0 Å². The molecule has 1 saturated carbocycles. The van der Waals surface area contributed by atoms with Crippen molar-refractivity contribution in [3.05, 3.63) is 33.9 Å². The number of aromatic nitrogens is 1. The van der Waals surface area contributed by atoms with Crippen LogP contribution in [-0.2, 0) is 0 Å². The molecule has 1 aromatic carbocycles. The lowest BCUT2D eigenvalue weighted by atomic mass is 10.1. The molecule has 1 aliphatic rings. The van der Waals surface area contributed by atoms with Crippen molar-refractivity contribution in [2.75, 3.05) is 7.11 Å². The average molecular weight is 268 g/mol. The maximum Gasteiger partial charge on any atom is 0.129 e. The molecule has 4 heteroatoms. The van der Waals surface area contributed by atoms with Crippen LogP contribution in [-0.4, -0.2) is 12.1 Å². The molecule has 0 aliphatic heterocycles. The van der Waals surface area contributed by atoms with Crippen molar-refractivity contribution in [2.45, 2.75) is 18.8 Å². The van der Waals surface area contributed by atoms with Crippen LogP contribution in [0, 0.1) is 0 Å². The highest BCUT2D eigenvalue weighted by atomic mass is 35.5. The number of nitrogens with zero attached hydrogens (tertiary/aromatic N) is 1. The highest BCUT2D eigenvalue weighted by molar-refractivity contribution is 6.39. The molecule has 2 nitrogen and oxygen atoms in total. The average Bonchev–Trinajstić information content (AvgIpc) is 3.14. The van der Waals surface area contributed by atoms with Gasteiger partial charge in [0, 0.05) is 11.6 Å². The van der Waals surface area contributed by atoms with Crippen LogP contribution in [0.4, 0.5) is 0 Å². The topological polar surface area (TPSA) is 22.1 Å². The second kappa shape index (κ2) is 4.04. The van der Waals surface area contributed by atoms with Gasteiger partial charge >= 0.3 is 0 Å². The van der Waals surface area contributed by atoms with E-state index in [0.29, 0.717) is 21.7 Å². The van der Waals surface area contributed by atoms with Gasteiger partial charge in [0.05, 0.1) is 28.1 Å². The first-order valence-electron chi connectivity index (χ1n) is 5.53. The van der Waals surface area contributed by atoms with Crippen LogP contribution in [0.2, 0.25) is 10.0 Å². The summed E-state index contributed by atoms with van der Waals surface area (Å²) in [4.78, 5) is 4.61. The second-order valence-electron chi connectivity index (χ2n) is 4.28. The largest absolute Gasteiger partial charge is 0.496 e. The van der Waals surface area contributed by atoms with Crippen LogP contribution >= 0.6 is 23.2 Å². The lowest BCUT2D eigenvalue weighted by molar-refractivity contribution is 0.420. The van der Waals surface area contributed by atoms with Crippen molar-refractivity contribution < 1.29 is 4.74 Å². The summed E-state index contributed by atoms with van der Waals surface area (Å²) in [5, 5.41) is 2.08. The Bertz CT molecular complexity index is 593. The van der Waals surface area contributed by atoms with E-state index in [1.165, 1.54) is 12.8 Å². The van der Waals surface area contributed by atoms with Crippen molar-refractivity contribution in [2.24, 2.45) is 0 Å². The van der Waals surface area contributed by atoms with Gasteiger partial charge in [-0.1, -0.05) is 23.2 Å². The number of benzene rings is 1. The lowest BCUT2D eigenvalue weighted by Gasteiger charge is -2.10. The van der Waals surface area contributed by atoms with Gasteiger partial charge in [-0.15, -0.1) is 0 Å². The number of methoxy groups -OCH3 is 1. The zero-order valence-electron chi connectivity index (χ0n) is 9.34. The summed E-state index contributed by atoms with van der Waals surface area (Å²) in [6, 6.07) is 5.54. The quantitative estimate of drug-likeness (QED) is 0.803. The summed E-state index contributed by atoms with van der Waals surface area (Å²) in [5.74, 6) is 1.27. The van der Waals surface area contributed by atoms with Crippen molar-refractivity contribution in [3.8, 4) is 5.75 Å². The van der Waals surface area contributed by atoms with Gasteiger partial charge in [-0.2, -0.15) is 0 Å². The highest BCUT2D eigenvalue weighted by Crippen LogP contribution is 2.43. The van der Waals surface area contributed by atoms with E-state index in [-0.39, 0.29) is 0 Å². The maximum atomic E-state index is 6.31. The summed E-state index contributed by atoms with van der Waals surface area (Å²) in [6.07, 6.45) is 2.38. The molecule has 1 fully saturated rings. The molecule has 0 radical (unpaired) electrons. The van der Waals surface area contributed by atoms with Gasteiger partial charge in [0.2, 0.25) is 0 Å². The molecule has 3 rings (SSSR count). The molecule has 1 heterocycles. The molecular formula is C13H11Cl2NO. The third-order valence-corrected chi connectivity index (χ3v) is 3.66. The Morgan fingerprint density at radius 2 is 2.00 bits per heavy atom. The molecule has 0 amide bonds. The van der Waals surface area contributed by atoms with E-state index in [9.17, 15) is 0 Å². The number of pyridine rings is 1. The SMILES string of the molecule is COc1ccc(Cl)c2nc(C3CC3)cc(Cl)c12. The number of fused-ring (bicyclic) bond motifs is 1. The predicted octanol–water partition coefficient (Wildman–Crippen LogP) is 4.43. The monoisotopic (exact) mass is 267 g/mol. The summed E-state index contributed by atoms with van der Waals surface area (Å²) in [6.45, 7) is 0. The fourth-order valence-electron chi connectivity index (χ4n) is 2.01. The molecule has 0 spiro atoms. The van der Waals surface area contributed by atoms with Crippen molar-refractivity contribution >= 4 is 34.1 Å².